The molecule has 0 rings (SSSR count). The van der Waals surface area contributed by atoms with Crippen molar-refractivity contribution >= 4 is 11.9 Å². The van der Waals surface area contributed by atoms with Crippen LogP contribution in [0, 0.1) is 0 Å². The number of carboxylic acid groups (broad SMARTS) is 1. The first-order valence-electron chi connectivity index (χ1n) is 7.20. The van der Waals surface area contributed by atoms with Crippen molar-refractivity contribution in [3.05, 3.63) is 11.6 Å². The van der Waals surface area contributed by atoms with Crippen LogP contribution >= 0.6 is 0 Å². The van der Waals surface area contributed by atoms with Gasteiger partial charge in [0, 0.05) is 32.4 Å². The van der Waals surface area contributed by atoms with Crippen molar-refractivity contribution in [2.24, 2.45) is 0 Å². The van der Waals surface area contributed by atoms with E-state index in [0.717, 1.165) is 31.4 Å². The number of allylic oxidation sites excluding steroid dienone is 1. The minimum absolute atomic E-state index is 0.0287. The molecule has 0 radical (unpaired) electrons. The van der Waals surface area contributed by atoms with Crippen molar-refractivity contribution in [3.63, 3.8) is 0 Å². The molecule has 0 aliphatic carbocycles. The number of unbranched alkanes of at least 4 members (excludes halogenated alkanes) is 1. The van der Waals surface area contributed by atoms with Crippen LogP contribution in [0.3, 0.4) is 0 Å². The molecule has 0 fully saturated rings. The van der Waals surface area contributed by atoms with Gasteiger partial charge in [0.05, 0.1) is 6.42 Å². The highest BCUT2D eigenvalue weighted by Gasteiger charge is 2.12. The molecule has 5 heteroatoms. The topological polar surface area (TPSA) is 66.8 Å². The average Bonchev–Trinajstić information content (AvgIpc) is 2.35. The molecular weight excluding hydrogens is 258 g/mol. The highest BCUT2D eigenvalue weighted by atomic mass is 16.5. The van der Waals surface area contributed by atoms with Gasteiger partial charge in [0.25, 0.3) is 0 Å². The molecule has 0 atom stereocenters. The fourth-order valence-electron chi connectivity index (χ4n) is 1.61. The van der Waals surface area contributed by atoms with Crippen molar-refractivity contribution in [1.82, 2.24) is 4.90 Å². The molecule has 116 valence electrons. The van der Waals surface area contributed by atoms with E-state index in [1.807, 2.05) is 13.8 Å². The Balaban J connectivity index is 4.14. The summed E-state index contributed by atoms with van der Waals surface area (Å²) in [7, 11) is 0. The summed E-state index contributed by atoms with van der Waals surface area (Å²) in [5.74, 6) is -1.01. The number of ether oxygens (including phenoxy) is 1. The normalized spacial score (nSPS) is 10.2. The maximum atomic E-state index is 11.9. The molecular formula is C15H27NO4. The molecule has 0 aromatic carbocycles. The number of carbonyl (C=O) groups is 2. The van der Waals surface area contributed by atoms with Gasteiger partial charge in [0.15, 0.2) is 0 Å². The summed E-state index contributed by atoms with van der Waals surface area (Å²) in [6.45, 7) is 7.92. The van der Waals surface area contributed by atoms with E-state index in [-0.39, 0.29) is 18.9 Å². The standard InChI is InChI=1S/C15H27NO4/c1-4-5-10-20-11-6-8-16(9-7-15(18)19)14(17)12-13(2)3/h12H,4-11H2,1-3H3,(H,18,19). The van der Waals surface area contributed by atoms with E-state index in [1.54, 1.807) is 11.0 Å². The Kier molecular flexibility index (Phi) is 10.7. The minimum atomic E-state index is -0.890. The zero-order valence-corrected chi connectivity index (χ0v) is 12.9. The second-order valence-corrected chi connectivity index (χ2v) is 5.01. The van der Waals surface area contributed by atoms with E-state index >= 15 is 0 Å². The molecule has 0 unspecified atom stereocenters. The second-order valence-electron chi connectivity index (χ2n) is 5.01. The lowest BCUT2D eigenvalue weighted by Gasteiger charge is -2.20. The number of aliphatic carboxylic acids is 1. The van der Waals surface area contributed by atoms with Crippen LogP contribution < -0.4 is 0 Å². The number of hydrogen-bond acceptors (Lipinski definition) is 3. The highest BCUT2D eigenvalue weighted by molar-refractivity contribution is 5.88. The molecule has 0 aliphatic rings. The van der Waals surface area contributed by atoms with Crippen LogP contribution in [0.5, 0.6) is 0 Å². The Bertz CT molecular complexity index is 322. The smallest absolute Gasteiger partial charge is 0.305 e. The number of carboxylic acids is 1. The van der Waals surface area contributed by atoms with Crippen molar-refractivity contribution in [3.8, 4) is 0 Å². The Labute approximate surface area is 121 Å². The lowest BCUT2D eigenvalue weighted by molar-refractivity contribution is -0.138. The van der Waals surface area contributed by atoms with Crippen LogP contribution in [0.15, 0.2) is 11.6 Å². The Morgan fingerprint density at radius 1 is 1.15 bits per heavy atom. The molecule has 0 saturated carbocycles. The number of nitrogens with zero attached hydrogens (tertiary/aromatic N) is 1. The monoisotopic (exact) mass is 285 g/mol. The van der Waals surface area contributed by atoms with Crippen LogP contribution in [0.25, 0.3) is 0 Å². The van der Waals surface area contributed by atoms with Gasteiger partial charge in [-0.05, 0) is 26.7 Å². The van der Waals surface area contributed by atoms with Gasteiger partial charge in [-0.25, -0.2) is 0 Å². The van der Waals surface area contributed by atoms with Crippen LogP contribution in [0.2, 0.25) is 0 Å². The summed E-state index contributed by atoms with van der Waals surface area (Å²) < 4.78 is 5.44. The van der Waals surface area contributed by atoms with Gasteiger partial charge >= 0.3 is 5.97 Å². The Morgan fingerprint density at radius 2 is 1.80 bits per heavy atom. The zero-order valence-electron chi connectivity index (χ0n) is 12.9. The van der Waals surface area contributed by atoms with Crippen molar-refractivity contribution in [2.45, 2.75) is 46.5 Å². The number of rotatable bonds is 11. The van der Waals surface area contributed by atoms with Crippen molar-refractivity contribution in [2.75, 3.05) is 26.3 Å². The molecule has 20 heavy (non-hydrogen) atoms. The lowest BCUT2D eigenvalue weighted by Crippen LogP contribution is -2.33. The van der Waals surface area contributed by atoms with E-state index in [4.69, 9.17) is 9.84 Å². The van der Waals surface area contributed by atoms with Crippen LogP contribution in [0.4, 0.5) is 0 Å². The summed E-state index contributed by atoms with van der Waals surface area (Å²) in [6.07, 6.45) is 4.38. The van der Waals surface area contributed by atoms with Gasteiger partial charge in [-0.15, -0.1) is 0 Å². The summed E-state index contributed by atoms with van der Waals surface area (Å²) in [5, 5.41) is 8.72. The first kappa shape index (κ1) is 18.6. The van der Waals surface area contributed by atoms with Crippen LogP contribution in [-0.4, -0.2) is 48.2 Å². The first-order valence-corrected chi connectivity index (χ1v) is 7.20. The molecule has 0 bridgehead atoms. The SMILES string of the molecule is CCCCOCCCN(CCC(=O)O)C(=O)C=C(C)C. The van der Waals surface area contributed by atoms with Crippen molar-refractivity contribution < 1.29 is 19.4 Å². The fourth-order valence-corrected chi connectivity index (χ4v) is 1.61. The average molecular weight is 285 g/mol. The molecule has 1 N–H and O–H groups in total. The summed E-state index contributed by atoms with van der Waals surface area (Å²) in [5.41, 5.74) is 0.912. The maximum absolute atomic E-state index is 11.9. The first-order chi connectivity index (χ1) is 9.47. The summed E-state index contributed by atoms with van der Waals surface area (Å²) >= 11 is 0. The molecule has 1 amide bonds. The number of amides is 1. The van der Waals surface area contributed by atoms with E-state index < -0.39 is 5.97 Å². The van der Waals surface area contributed by atoms with Gasteiger partial charge in [0.1, 0.15) is 0 Å². The van der Waals surface area contributed by atoms with E-state index in [0.29, 0.717) is 13.2 Å². The number of carbonyl (C=O) groups excluding carboxylic acids is 1. The fraction of sp³-hybridized carbons (Fsp3) is 0.733. The van der Waals surface area contributed by atoms with Gasteiger partial charge in [-0.1, -0.05) is 18.9 Å². The second kappa shape index (κ2) is 11.5. The number of hydrogen-bond donors (Lipinski definition) is 1. The molecule has 0 aromatic rings. The maximum Gasteiger partial charge on any atom is 0.305 e. The van der Waals surface area contributed by atoms with Gasteiger partial charge in [-0.2, -0.15) is 0 Å². The molecule has 5 nitrogen and oxygen atoms in total. The van der Waals surface area contributed by atoms with Gasteiger partial charge in [0.2, 0.25) is 5.91 Å². The predicted octanol–water partition coefficient (Wildman–Crippen LogP) is 2.46. The summed E-state index contributed by atoms with van der Waals surface area (Å²) in [4.78, 5) is 24.1. The van der Waals surface area contributed by atoms with E-state index in [2.05, 4.69) is 6.92 Å². The lowest BCUT2D eigenvalue weighted by atomic mass is 10.2. The zero-order chi connectivity index (χ0) is 15.4. The molecule has 0 aromatic heterocycles. The quantitative estimate of drug-likeness (QED) is 0.468. The Hall–Kier alpha value is -1.36. The third kappa shape index (κ3) is 10.6. The minimum Gasteiger partial charge on any atom is -0.481 e. The third-order valence-corrected chi connectivity index (χ3v) is 2.68. The molecule has 0 saturated heterocycles. The van der Waals surface area contributed by atoms with Crippen LogP contribution in [0.1, 0.15) is 46.5 Å². The van der Waals surface area contributed by atoms with E-state index in [1.165, 1.54) is 0 Å². The predicted molar refractivity (Wildman–Crippen MR) is 78.6 cm³/mol. The van der Waals surface area contributed by atoms with E-state index in [9.17, 15) is 9.59 Å². The Morgan fingerprint density at radius 3 is 2.35 bits per heavy atom. The van der Waals surface area contributed by atoms with Gasteiger partial charge < -0.3 is 14.7 Å². The highest BCUT2D eigenvalue weighted by Crippen LogP contribution is 2.01. The van der Waals surface area contributed by atoms with Crippen molar-refractivity contribution in [1.29, 1.82) is 0 Å². The van der Waals surface area contributed by atoms with Gasteiger partial charge in [-0.3, -0.25) is 9.59 Å². The van der Waals surface area contributed by atoms with Crippen LogP contribution in [-0.2, 0) is 14.3 Å². The molecule has 0 heterocycles. The largest absolute Gasteiger partial charge is 0.481 e. The molecule has 0 spiro atoms. The summed E-state index contributed by atoms with van der Waals surface area (Å²) in [6, 6.07) is 0. The molecule has 0 aliphatic heterocycles. The third-order valence-electron chi connectivity index (χ3n) is 2.68.